The molecule has 72 valence electrons. The number of aromatic nitrogens is 2. The Kier molecular flexibility index (Phi) is 3.83. The first-order valence-corrected chi connectivity index (χ1v) is 4.71. The van der Waals surface area contributed by atoms with Crippen molar-refractivity contribution in [2.24, 2.45) is 0 Å². The molecule has 1 N–H and O–H groups in total. The normalized spacial score (nSPS) is 12.8. The van der Waals surface area contributed by atoms with E-state index in [1.165, 1.54) is 0 Å². The molecule has 0 amide bonds. The maximum Gasteiger partial charge on any atom is 0.0631 e. The second-order valence-electron chi connectivity index (χ2n) is 3.19. The third-order valence-electron chi connectivity index (χ3n) is 2.32. The standard InChI is InChI=1S/C10H17N3/c1-4-9(11-3)7-10-8(2)12-5-6-13-10/h5-6,9,11H,4,7H2,1-3H3. The smallest absolute Gasteiger partial charge is 0.0631 e. The third kappa shape index (κ3) is 2.77. The minimum Gasteiger partial charge on any atom is -0.317 e. The minimum atomic E-state index is 0.510. The summed E-state index contributed by atoms with van der Waals surface area (Å²) in [6, 6.07) is 0.510. The molecule has 0 bridgehead atoms. The number of aryl methyl sites for hydroxylation is 1. The van der Waals surface area contributed by atoms with Gasteiger partial charge in [-0.2, -0.15) is 0 Å². The van der Waals surface area contributed by atoms with E-state index in [1.54, 1.807) is 12.4 Å². The lowest BCUT2D eigenvalue weighted by molar-refractivity contribution is 0.535. The van der Waals surface area contributed by atoms with Crippen molar-refractivity contribution in [2.45, 2.75) is 32.7 Å². The Labute approximate surface area is 79.6 Å². The number of rotatable bonds is 4. The fraction of sp³-hybridized carbons (Fsp3) is 0.600. The summed E-state index contributed by atoms with van der Waals surface area (Å²) in [7, 11) is 1.99. The summed E-state index contributed by atoms with van der Waals surface area (Å²) in [4.78, 5) is 8.52. The summed E-state index contributed by atoms with van der Waals surface area (Å²) >= 11 is 0. The van der Waals surface area contributed by atoms with Crippen LogP contribution in [0, 0.1) is 6.92 Å². The Morgan fingerprint density at radius 2 is 2.08 bits per heavy atom. The van der Waals surface area contributed by atoms with Gasteiger partial charge in [0.1, 0.15) is 0 Å². The van der Waals surface area contributed by atoms with Crippen molar-refractivity contribution in [1.82, 2.24) is 15.3 Å². The van der Waals surface area contributed by atoms with Crippen LogP contribution in [0.5, 0.6) is 0 Å². The molecule has 0 saturated carbocycles. The molecule has 1 aromatic rings. The summed E-state index contributed by atoms with van der Waals surface area (Å²) in [5.41, 5.74) is 2.14. The highest BCUT2D eigenvalue weighted by Crippen LogP contribution is 2.05. The third-order valence-corrected chi connectivity index (χ3v) is 2.32. The largest absolute Gasteiger partial charge is 0.317 e. The quantitative estimate of drug-likeness (QED) is 0.757. The van der Waals surface area contributed by atoms with E-state index < -0.39 is 0 Å². The predicted octanol–water partition coefficient (Wildman–Crippen LogP) is 1.33. The lowest BCUT2D eigenvalue weighted by Gasteiger charge is -2.13. The Morgan fingerprint density at radius 3 is 2.62 bits per heavy atom. The number of nitrogens with one attached hydrogen (secondary N) is 1. The van der Waals surface area contributed by atoms with Crippen molar-refractivity contribution >= 4 is 0 Å². The van der Waals surface area contributed by atoms with Crippen LogP contribution in [0.15, 0.2) is 12.4 Å². The zero-order chi connectivity index (χ0) is 9.68. The maximum atomic E-state index is 4.31. The van der Waals surface area contributed by atoms with Gasteiger partial charge in [-0.15, -0.1) is 0 Å². The summed E-state index contributed by atoms with van der Waals surface area (Å²) in [5, 5.41) is 3.26. The molecule has 3 heteroatoms. The van der Waals surface area contributed by atoms with Gasteiger partial charge in [0.05, 0.1) is 11.4 Å². The van der Waals surface area contributed by atoms with E-state index in [2.05, 4.69) is 22.2 Å². The molecule has 1 atom stereocenters. The summed E-state index contributed by atoms with van der Waals surface area (Å²) < 4.78 is 0. The van der Waals surface area contributed by atoms with Gasteiger partial charge in [-0.3, -0.25) is 9.97 Å². The first kappa shape index (κ1) is 10.1. The van der Waals surface area contributed by atoms with Crippen molar-refractivity contribution in [3.8, 4) is 0 Å². The molecule has 0 aromatic carbocycles. The van der Waals surface area contributed by atoms with E-state index in [1.807, 2.05) is 14.0 Å². The summed E-state index contributed by atoms with van der Waals surface area (Å²) in [6.07, 6.45) is 5.57. The molecular formula is C10H17N3. The highest BCUT2D eigenvalue weighted by molar-refractivity contribution is 5.09. The second-order valence-corrected chi connectivity index (χ2v) is 3.19. The molecule has 13 heavy (non-hydrogen) atoms. The number of hydrogen-bond acceptors (Lipinski definition) is 3. The van der Waals surface area contributed by atoms with E-state index in [4.69, 9.17) is 0 Å². The molecule has 1 heterocycles. The van der Waals surface area contributed by atoms with Gasteiger partial charge in [0, 0.05) is 24.9 Å². The molecular weight excluding hydrogens is 162 g/mol. The van der Waals surface area contributed by atoms with E-state index >= 15 is 0 Å². The maximum absolute atomic E-state index is 4.31. The first-order valence-electron chi connectivity index (χ1n) is 4.71. The van der Waals surface area contributed by atoms with Gasteiger partial charge in [-0.1, -0.05) is 6.92 Å². The molecule has 1 unspecified atom stereocenters. The van der Waals surface area contributed by atoms with Crippen LogP contribution < -0.4 is 5.32 Å². The van der Waals surface area contributed by atoms with Gasteiger partial charge < -0.3 is 5.32 Å². The predicted molar refractivity (Wildman–Crippen MR) is 53.6 cm³/mol. The average molecular weight is 179 g/mol. The molecule has 0 fully saturated rings. The van der Waals surface area contributed by atoms with Gasteiger partial charge >= 0.3 is 0 Å². The van der Waals surface area contributed by atoms with Gasteiger partial charge in [-0.05, 0) is 20.4 Å². The van der Waals surface area contributed by atoms with E-state index in [-0.39, 0.29) is 0 Å². The van der Waals surface area contributed by atoms with Crippen molar-refractivity contribution in [2.75, 3.05) is 7.05 Å². The summed E-state index contributed by atoms with van der Waals surface area (Å²) in [5.74, 6) is 0. The Balaban J connectivity index is 2.67. The molecule has 0 aliphatic rings. The van der Waals surface area contributed by atoms with Gasteiger partial charge in [0.2, 0.25) is 0 Å². The van der Waals surface area contributed by atoms with Gasteiger partial charge in [0.25, 0.3) is 0 Å². The molecule has 0 saturated heterocycles. The Morgan fingerprint density at radius 1 is 1.38 bits per heavy atom. The van der Waals surface area contributed by atoms with Crippen molar-refractivity contribution in [1.29, 1.82) is 0 Å². The highest BCUT2D eigenvalue weighted by Gasteiger charge is 2.07. The van der Waals surface area contributed by atoms with Crippen LogP contribution in [0.1, 0.15) is 24.7 Å². The van der Waals surface area contributed by atoms with Crippen molar-refractivity contribution in [3.63, 3.8) is 0 Å². The van der Waals surface area contributed by atoms with Crippen LogP contribution >= 0.6 is 0 Å². The van der Waals surface area contributed by atoms with Crippen LogP contribution in [-0.4, -0.2) is 23.1 Å². The molecule has 0 spiro atoms. The van der Waals surface area contributed by atoms with Crippen molar-refractivity contribution in [3.05, 3.63) is 23.8 Å². The minimum absolute atomic E-state index is 0.510. The molecule has 3 nitrogen and oxygen atoms in total. The highest BCUT2D eigenvalue weighted by atomic mass is 14.9. The second kappa shape index (κ2) is 4.92. The number of likely N-dealkylation sites (N-methyl/N-ethyl adjacent to an activating group) is 1. The molecule has 1 rings (SSSR count). The number of nitrogens with zero attached hydrogens (tertiary/aromatic N) is 2. The van der Waals surface area contributed by atoms with Crippen LogP contribution in [0.2, 0.25) is 0 Å². The molecule has 1 aromatic heterocycles. The fourth-order valence-corrected chi connectivity index (χ4v) is 1.32. The molecule has 0 aliphatic heterocycles. The average Bonchev–Trinajstić information content (AvgIpc) is 2.17. The van der Waals surface area contributed by atoms with E-state index in [0.717, 1.165) is 24.2 Å². The number of hydrogen-bond donors (Lipinski definition) is 1. The molecule has 0 radical (unpaired) electrons. The van der Waals surface area contributed by atoms with E-state index in [9.17, 15) is 0 Å². The molecule has 0 aliphatic carbocycles. The zero-order valence-electron chi connectivity index (χ0n) is 8.54. The first-order chi connectivity index (χ1) is 6.27. The Bertz CT molecular complexity index is 256. The van der Waals surface area contributed by atoms with Gasteiger partial charge in [-0.25, -0.2) is 0 Å². The Hall–Kier alpha value is -0.960. The van der Waals surface area contributed by atoms with Gasteiger partial charge in [0.15, 0.2) is 0 Å². The SMILES string of the molecule is CCC(Cc1nccnc1C)NC. The van der Waals surface area contributed by atoms with E-state index in [0.29, 0.717) is 6.04 Å². The van der Waals surface area contributed by atoms with Crippen LogP contribution in [-0.2, 0) is 6.42 Å². The fourth-order valence-electron chi connectivity index (χ4n) is 1.32. The lowest BCUT2D eigenvalue weighted by atomic mass is 10.1. The summed E-state index contributed by atoms with van der Waals surface area (Å²) in [6.45, 7) is 4.18. The van der Waals surface area contributed by atoms with Crippen LogP contribution in [0.4, 0.5) is 0 Å². The lowest BCUT2D eigenvalue weighted by Crippen LogP contribution is -2.27. The zero-order valence-corrected chi connectivity index (χ0v) is 8.54. The monoisotopic (exact) mass is 179 g/mol. The van der Waals surface area contributed by atoms with Crippen molar-refractivity contribution < 1.29 is 0 Å². The topological polar surface area (TPSA) is 37.8 Å². The van der Waals surface area contributed by atoms with Crippen LogP contribution in [0.3, 0.4) is 0 Å². The van der Waals surface area contributed by atoms with Crippen LogP contribution in [0.25, 0.3) is 0 Å².